The first-order valence-corrected chi connectivity index (χ1v) is 10.4. The van der Waals surface area contributed by atoms with Gasteiger partial charge >= 0.3 is 0 Å². The molecule has 1 aromatic rings. The average Bonchev–Trinajstić information content (AvgIpc) is 3.30. The van der Waals surface area contributed by atoms with Gasteiger partial charge in [0.15, 0.2) is 5.95 Å². The molecule has 3 nitrogen and oxygen atoms in total. The van der Waals surface area contributed by atoms with Crippen molar-refractivity contribution >= 4 is 0 Å². The first-order chi connectivity index (χ1) is 12.5. The maximum Gasteiger partial charge on any atom is 0.193 e. The summed E-state index contributed by atoms with van der Waals surface area (Å²) in [7, 11) is 0. The largest absolute Gasteiger partial charge is 0.325 e. The summed E-state index contributed by atoms with van der Waals surface area (Å²) in [5.41, 5.74) is 2.07. The summed E-state index contributed by atoms with van der Waals surface area (Å²) < 4.78 is 15.6. The number of likely N-dealkylation sites (tertiary alicyclic amines) is 1. The van der Waals surface area contributed by atoms with Gasteiger partial charge in [-0.25, -0.2) is 0 Å². The molecule has 0 atom stereocenters. The number of hydrogen-bond donors (Lipinski definition) is 1. The van der Waals surface area contributed by atoms with Crippen molar-refractivity contribution < 1.29 is 4.39 Å². The van der Waals surface area contributed by atoms with Gasteiger partial charge in [-0.2, -0.15) is 4.39 Å². The van der Waals surface area contributed by atoms with E-state index in [2.05, 4.69) is 30.6 Å². The van der Waals surface area contributed by atoms with Gasteiger partial charge in [-0.1, -0.05) is 19.1 Å². The van der Waals surface area contributed by atoms with E-state index in [1.54, 1.807) is 16.7 Å². The highest BCUT2D eigenvalue weighted by atomic mass is 19.1. The molecule has 1 aliphatic carbocycles. The van der Waals surface area contributed by atoms with Crippen LogP contribution in [0, 0.1) is 16.8 Å². The first kappa shape index (κ1) is 19.6. The predicted octanol–water partition coefficient (Wildman–Crippen LogP) is 4.46. The van der Waals surface area contributed by atoms with Crippen LogP contribution in [0.15, 0.2) is 30.5 Å². The van der Waals surface area contributed by atoms with Crippen LogP contribution in [-0.2, 0) is 6.54 Å². The lowest BCUT2D eigenvalue weighted by atomic mass is 9.75. The van der Waals surface area contributed by atoms with Crippen LogP contribution in [0.25, 0.3) is 0 Å². The van der Waals surface area contributed by atoms with Gasteiger partial charge in [0, 0.05) is 31.2 Å². The zero-order valence-corrected chi connectivity index (χ0v) is 16.7. The molecule has 2 heterocycles. The number of nitrogens with one attached hydrogen (secondary N) is 1. The van der Waals surface area contributed by atoms with Crippen molar-refractivity contribution in [2.45, 2.75) is 58.9 Å². The molecule has 3 rings (SSSR count). The van der Waals surface area contributed by atoms with Crippen LogP contribution < -0.4 is 5.32 Å². The van der Waals surface area contributed by atoms with Gasteiger partial charge in [0.1, 0.15) is 0 Å². The molecule has 26 heavy (non-hydrogen) atoms. The Morgan fingerprint density at radius 1 is 1.27 bits per heavy atom. The molecule has 0 amide bonds. The van der Waals surface area contributed by atoms with E-state index in [1.165, 1.54) is 37.8 Å². The lowest BCUT2D eigenvalue weighted by Crippen LogP contribution is -2.47. The van der Waals surface area contributed by atoms with E-state index in [0.29, 0.717) is 10.8 Å². The summed E-state index contributed by atoms with van der Waals surface area (Å²) in [4.78, 5) is 2.65. The Morgan fingerprint density at radius 2 is 2.00 bits per heavy atom. The fourth-order valence-corrected chi connectivity index (χ4v) is 4.46. The SMILES string of the molecule is C=C(C)C1(CN2CCC(CCn3cccc3F)(CNCCC)CC2)CC1. The van der Waals surface area contributed by atoms with Crippen molar-refractivity contribution in [2.75, 3.05) is 32.7 Å². The lowest BCUT2D eigenvalue weighted by Gasteiger charge is -2.43. The second-order valence-electron chi connectivity index (χ2n) is 8.79. The van der Waals surface area contributed by atoms with Gasteiger partial charge in [0.25, 0.3) is 0 Å². The van der Waals surface area contributed by atoms with Gasteiger partial charge in [0.05, 0.1) is 0 Å². The Bertz CT molecular complexity index is 594. The molecule has 0 unspecified atom stereocenters. The third-order valence-corrected chi connectivity index (χ3v) is 6.79. The summed E-state index contributed by atoms with van der Waals surface area (Å²) in [5.74, 6) is -0.115. The summed E-state index contributed by atoms with van der Waals surface area (Å²) >= 11 is 0. The number of piperidine rings is 1. The van der Waals surface area contributed by atoms with Crippen LogP contribution in [0.1, 0.15) is 52.4 Å². The summed E-state index contributed by atoms with van der Waals surface area (Å²) in [6.07, 6.45) is 9.12. The molecule has 1 saturated carbocycles. The predicted molar refractivity (Wildman–Crippen MR) is 107 cm³/mol. The smallest absolute Gasteiger partial charge is 0.193 e. The summed E-state index contributed by atoms with van der Waals surface area (Å²) in [6.45, 7) is 15.1. The highest BCUT2D eigenvalue weighted by Gasteiger charge is 2.45. The Balaban J connectivity index is 1.57. The molecular weight excluding hydrogens is 325 g/mol. The molecule has 1 aromatic heterocycles. The van der Waals surface area contributed by atoms with E-state index in [4.69, 9.17) is 0 Å². The van der Waals surface area contributed by atoms with Gasteiger partial charge in [-0.3, -0.25) is 0 Å². The van der Waals surface area contributed by atoms with Crippen molar-refractivity contribution in [1.82, 2.24) is 14.8 Å². The van der Waals surface area contributed by atoms with E-state index in [0.717, 1.165) is 45.6 Å². The van der Waals surface area contributed by atoms with E-state index in [-0.39, 0.29) is 5.95 Å². The Morgan fingerprint density at radius 3 is 2.54 bits per heavy atom. The number of hydrogen-bond acceptors (Lipinski definition) is 2. The van der Waals surface area contributed by atoms with Gasteiger partial charge in [0.2, 0.25) is 0 Å². The molecule has 146 valence electrons. The fourth-order valence-electron chi connectivity index (χ4n) is 4.46. The van der Waals surface area contributed by atoms with Gasteiger partial charge in [-0.05, 0) is 82.6 Å². The zero-order valence-electron chi connectivity index (χ0n) is 16.7. The third kappa shape index (κ3) is 4.58. The van der Waals surface area contributed by atoms with Crippen molar-refractivity contribution in [3.05, 3.63) is 36.4 Å². The molecule has 2 aliphatic rings. The fraction of sp³-hybridized carbons (Fsp3) is 0.727. The second kappa shape index (κ2) is 8.26. The highest BCUT2D eigenvalue weighted by molar-refractivity contribution is 5.17. The van der Waals surface area contributed by atoms with Gasteiger partial charge < -0.3 is 14.8 Å². The molecule has 0 spiro atoms. The third-order valence-electron chi connectivity index (χ3n) is 6.79. The summed E-state index contributed by atoms with van der Waals surface area (Å²) in [6, 6.07) is 3.35. The van der Waals surface area contributed by atoms with E-state index < -0.39 is 0 Å². The van der Waals surface area contributed by atoms with Crippen LogP contribution in [0.5, 0.6) is 0 Å². The van der Waals surface area contributed by atoms with Crippen LogP contribution >= 0.6 is 0 Å². The Kier molecular flexibility index (Phi) is 6.24. The van der Waals surface area contributed by atoms with E-state index in [9.17, 15) is 4.39 Å². The topological polar surface area (TPSA) is 20.2 Å². The van der Waals surface area contributed by atoms with Crippen LogP contribution in [0.4, 0.5) is 4.39 Å². The number of aromatic nitrogens is 1. The molecule has 1 saturated heterocycles. The average molecular weight is 362 g/mol. The second-order valence-corrected chi connectivity index (χ2v) is 8.79. The van der Waals surface area contributed by atoms with Crippen LogP contribution in [0.3, 0.4) is 0 Å². The Hall–Kier alpha value is -1.13. The molecular formula is C22H36FN3. The molecule has 1 aliphatic heterocycles. The molecule has 0 aromatic carbocycles. The van der Waals surface area contributed by atoms with Crippen molar-refractivity contribution in [1.29, 1.82) is 0 Å². The summed E-state index contributed by atoms with van der Waals surface area (Å²) in [5, 5.41) is 3.65. The van der Waals surface area contributed by atoms with Crippen LogP contribution in [-0.4, -0.2) is 42.2 Å². The molecule has 4 heteroatoms. The Labute approximate surface area is 158 Å². The highest BCUT2D eigenvalue weighted by Crippen LogP contribution is 2.52. The standard InChI is InChI=1S/C22H36FN3/c1-4-12-24-17-21(11-16-26-13-5-6-20(26)23)9-14-25(15-10-21)18-22(7-8-22)19(2)3/h5-6,13,24H,2,4,7-12,14-18H2,1,3H3. The maximum absolute atomic E-state index is 13.8. The minimum absolute atomic E-state index is 0.115. The van der Waals surface area contributed by atoms with E-state index >= 15 is 0 Å². The molecule has 0 bridgehead atoms. The van der Waals surface area contributed by atoms with Crippen molar-refractivity contribution in [3.8, 4) is 0 Å². The normalized spacial score (nSPS) is 21.7. The number of rotatable bonds is 10. The lowest BCUT2D eigenvalue weighted by molar-refractivity contribution is 0.0793. The minimum atomic E-state index is -0.115. The quantitative estimate of drug-likeness (QED) is 0.491. The number of aryl methyl sites for hydroxylation is 1. The minimum Gasteiger partial charge on any atom is -0.325 e. The van der Waals surface area contributed by atoms with Crippen molar-refractivity contribution in [2.24, 2.45) is 10.8 Å². The monoisotopic (exact) mass is 361 g/mol. The molecule has 0 radical (unpaired) electrons. The maximum atomic E-state index is 13.8. The van der Waals surface area contributed by atoms with Crippen LogP contribution in [0.2, 0.25) is 0 Å². The van der Waals surface area contributed by atoms with Crippen molar-refractivity contribution in [3.63, 3.8) is 0 Å². The number of nitrogens with zero attached hydrogens (tertiary/aromatic N) is 2. The number of halogens is 1. The molecule has 2 fully saturated rings. The molecule has 1 N–H and O–H groups in total. The first-order valence-electron chi connectivity index (χ1n) is 10.4. The zero-order chi connectivity index (χ0) is 18.6. The van der Waals surface area contributed by atoms with E-state index in [1.807, 2.05) is 6.20 Å². The van der Waals surface area contributed by atoms with Gasteiger partial charge in [-0.15, -0.1) is 0 Å².